The van der Waals surface area contributed by atoms with Crippen LogP contribution in [0.25, 0.3) is 17.1 Å². The summed E-state index contributed by atoms with van der Waals surface area (Å²) in [4.78, 5) is 26.0. The van der Waals surface area contributed by atoms with Gasteiger partial charge in [0.1, 0.15) is 6.61 Å². The molecule has 0 spiro atoms. The molecule has 0 aliphatic carbocycles. The van der Waals surface area contributed by atoms with Crippen molar-refractivity contribution >= 4 is 0 Å². The first-order valence-corrected chi connectivity index (χ1v) is 10.4. The molecular weight excluding hydrogens is 422 g/mol. The van der Waals surface area contributed by atoms with Crippen LogP contribution in [0.3, 0.4) is 0 Å². The van der Waals surface area contributed by atoms with E-state index in [2.05, 4.69) is 25.4 Å². The standard InChI is InChI=1S/C23H25N7O3/c1-13-8-7-9-19(30-23(31)29(5)27-28-30)18(13)12-33-22-14(2)10-17(16(4)25-22)21-24-15(3)11-20(26-21)32-6/h7-11H,12H2,1-6H3. The van der Waals surface area contributed by atoms with Gasteiger partial charge in [0.25, 0.3) is 0 Å². The van der Waals surface area contributed by atoms with Gasteiger partial charge in [-0.3, -0.25) is 0 Å². The van der Waals surface area contributed by atoms with Crippen molar-refractivity contribution in [1.29, 1.82) is 0 Å². The van der Waals surface area contributed by atoms with Crippen molar-refractivity contribution in [3.63, 3.8) is 0 Å². The normalized spacial score (nSPS) is 11.0. The highest BCUT2D eigenvalue weighted by molar-refractivity contribution is 5.61. The number of hydrogen-bond donors (Lipinski definition) is 0. The van der Waals surface area contributed by atoms with E-state index >= 15 is 0 Å². The molecule has 3 heterocycles. The van der Waals surface area contributed by atoms with Crippen LogP contribution in [0.4, 0.5) is 0 Å². The summed E-state index contributed by atoms with van der Waals surface area (Å²) >= 11 is 0. The molecule has 33 heavy (non-hydrogen) atoms. The van der Waals surface area contributed by atoms with E-state index in [0.717, 1.165) is 33.6 Å². The number of benzene rings is 1. The summed E-state index contributed by atoms with van der Waals surface area (Å²) < 4.78 is 13.8. The van der Waals surface area contributed by atoms with E-state index in [1.165, 1.54) is 9.36 Å². The van der Waals surface area contributed by atoms with Crippen molar-refractivity contribution in [1.82, 2.24) is 34.7 Å². The van der Waals surface area contributed by atoms with Crippen LogP contribution in [-0.2, 0) is 13.7 Å². The van der Waals surface area contributed by atoms with E-state index in [9.17, 15) is 4.79 Å². The molecule has 4 rings (SSSR count). The first-order valence-electron chi connectivity index (χ1n) is 10.4. The Balaban J connectivity index is 1.66. The van der Waals surface area contributed by atoms with E-state index in [1.807, 2.05) is 52.0 Å². The first-order chi connectivity index (χ1) is 15.8. The molecule has 0 fully saturated rings. The topological polar surface area (TPSA) is 110 Å². The summed E-state index contributed by atoms with van der Waals surface area (Å²) in [6, 6.07) is 9.38. The third-order valence-electron chi connectivity index (χ3n) is 5.33. The zero-order valence-corrected chi connectivity index (χ0v) is 19.4. The lowest BCUT2D eigenvalue weighted by Gasteiger charge is -2.15. The molecule has 0 saturated carbocycles. The molecule has 170 valence electrons. The van der Waals surface area contributed by atoms with Gasteiger partial charge >= 0.3 is 5.69 Å². The summed E-state index contributed by atoms with van der Waals surface area (Å²) in [6.07, 6.45) is 0. The van der Waals surface area contributed by atoms with E-state index < -0.39 is 0 Å². The predicted molar refractivity (Wildman–Crippen MR) is 122 cm³/mol. The predicted octanol–water partition coefficient (Wildman–Crippen LogP) is 2.64. The summed E-state index contributed by atoms with van der Waals surface area (Å²) in [6.45, 7) is 7.87. The smallest absolute Gasteiger partial charge is 0.368 e. The molecular formula is C23H25N7O3. The summed E-state index contributed by atoms with van der Waals surface area (Å²) in [5.41, 5.74) is 5.28. The third kappa shape index (κ3) is 4.32. The van der Waals surface area contributed by atoms with Crippen molar-refractivity contribution in [3.05, 3.63) is 68.9 Å². The second-order valence-electron chi connectivity index (χ2n) is 7.78. The van der Waals surface area contributed by atoms with Crippen LogP contribution in [0.15, 0.2) is 35.1 Å². The number of nitrogens with zero attached hydrogens (tertiary/aromatic N) is 7. The monoisotopic (exact) mass is 447 g/mol. The molecule has 1 aromatic carbocycles. The van der Waals surface area contributed by atoms with Crippen LogP contribution < -0.4 is 15.2 Å². The molecule has 3 aromatic heterocycles. The van der Waals surface area contributed by atoms with Crippen LogP contribution in [0.5, 0.6) is 11.8 Å². The lowest BCUT2D eigenvalue weighted by Crippen LogP contribution is -2.23. The number of aryl methyl sites for hydroxylation is 5. The fourth-order valence-corrected chi connectivity index (χ4v) is 3.50. The lowest BCUT2D eigenvalue weighted by atomic mass is 10.1. The van der Waals surface area contributed by atoms with E-state index in [-0.39, 0.29) is 12.3 Å². The maximum Gasteiger partial charge on any atom is 0.368 e. The van der Waals surface area contributed by atoms with Gasteiger partial charge in [0.15, 0.2) is 5.82 Å². The molecule has 0 radical (unpaired) electrons. The number of rotatable bonds is 6. The highest BCUT2D eigenvalue weighted by Crippen LogP contribution is 2.28. The van der Waals surface area contributed by atoms with Gasteiger partial charge < -0.3 is 9.47 Å². The molecule has 4 aromatic rings. The fraction of sp³-hybridized carbons (Fsp3) is 0.304. The third-order valence-corrected chi connectivity index (χ3v) is 5.33. The van der Waals surface area contributed by atoms with Crippen molar-refractivity contribution in [2.45, 2.75) is 34.3 Å². The molecule has 10 nitrogen and oxygen atoms in total. The van der Waals surface area contributed by atoms with E-state index in [0.29, 0.717) is 23.3 Å². The number of methoxy groups -OCH3 is 1. The number of ether oxygens (including phenoxy) is 2. The number of tetrazole rings is 1. The van der Waals surface area contributed by atoms with Crippen LogP contribution in [0, 0.1) is 27.7 Å². The lowest BCUT2D eigenvalue weighted by molar-refractivity contribution is 0.290. The fourth-order valence-electron chi connectivity index (χ4n) is 3.50. The Labute approximate surface area is 190 Å². The SMILES string of the molecule is COc1cc(C)nc(-c2cc(C)c(OCc3c(C)cccc3-n3nnn(C)c3=O)nc2C)n1. The minimum atomic E-state index is -0.329. The Bertz CT molecular complexity index is 1390. The number of hydrogen-bond acceptors (Lipinski definition) is 8. The Morgan fingerprint density at radius 2 is 1.76 bits per heavy atom. The largest absolute Gasteiger partial charge is 0.481 e. The van der Waals surface area contributed by atoms with Crippen LogP contribution in [0.2, 0.25) is 0 Å². The minimum Gasteiger partial charge on any atom is -0.481 e. The highest BCUT2D eigenvalue weighted by Gasteiger charge is 2.16. The Hall–Kier alpha value is -4.08. The van der Waals surface area contributed by atoms with Crippen LogP contribution in [-0.4, -0.2) is 41.9 Å². The molecule has 0 N–H and O–H groups in total. The molecule has 10 heteroatoms. The molecule has 0 amide bonds. The molecule has 0 atom stereocenters. The van der Waals surface area contributed by atoms with Crippen LogP contribution in [0.1, 0.15) is 28.1 Å². The number of aromatic nitrogens is 7. The maximum absolute atomic E-state index is 12.4. The average Bonchev–Trinajstić information content (AvgIpc) is 3.12. The second kappa shape index (κ2) is 8.81. The van der Waals surface area contributed by atoms with Gasteiger partial charge in [0.2, 0.25) is 11.8 Å². The number of pyridine rings is 1. The Morgan fingerprint density at radius 3 is 2.45 bits per heavy atom. The van der Waals surface area contributed by atoms with Gasteiger partial charge in [-0.1, -0.05) is 12.1 Å². The van der Waals surface area contributed by atoms with E-state index in [4.69, 9.17) is 9.47 Å². The zero-order chi connectivity index (χ0) is 23.7. The van der Waals surface area contributed by atoms with Crippen LogP contribution >= 0.6 is 0 Å². The van der Waals surface area contributed by atoms with Gasteiger partial charge in [0, 0.05) is 35.5 Å². The maximum atomic E-state index is 12.4. The summed E-state index contributed by atoms with van der Waals surface area (Å²) in [5, 5.41) is 7.77. The Kier molecular flexibility index (Phi) is 5.91. The molecule has 0 saturated heterocycles. The van der Waals surface area contributed by atoms with Crippen molar-refractivity contribution in [2.75, 3.05) is 7.11 Å². The first kappa shape index (κ1) is 22.1. The molecule has 0 aliphatic rings. The van der Waals surface area contributed by atoms with Gasteiger partial charge in [-0.2, -0.15) is 14.3 Å². The second-order valence-corrected chi connectivity index (χ2v) is 7.78. The van der Waals surface area contributed by atoms with Crippen molar-refractivity contribution < 1.29 is 9.47 Å². The highest BCUT2D eigenvalue weighted by atomic mass is 16.5. The van der Waals surface area contributed by atoms with Gasteiger partial charge in [-0.25, -0.2) is 14.8 Å². The van der Waals surface area contributed by atoms with Crippen molar-refractivity contribution in [2.24, 2.45) is 7.05 Å². The summed E-state index contributed by atoms with van der Waals surface area (Å²) in [7, 11) is 3.14. The Morgan fingerprint density at radius 1 is 0.970 bits per heavy atom. The van der Waals surface area contributed by atoms with Crippen molar-refractivity contribution in [3.8, 4) is 28.8 Å². The molecule has 0 aliphatic heterocycles. The van der Waals surface area contributed by atoms with E-state index in [1.54, 1.807) is 20.2 Å². The average molecular weight is 447 g/mol. The van der Waals surface area contributed by atoms with Gasteiger partial charge in [-0.05, 0) is 55.8 Å². The molecule has 0 bridgehead atoms. The quantitative estimate of drug-likeness (QED) is 0.444. The molecule has 0 unspecified atom stereocenters. The minimum absolute atomic E-state index is 0.215. The summed E-state index contributed by atoms with van der Waals surface area (Å²) in [5.74, 6) is 1.55. The zero-order valence-electron chi connectivity index (χ0n) is 19.4. The van der Waals surface area contributed by atoms with Gasteiger partial charge in [0.05, 0.1) is 18.5 Å². The van der Waals surface area contributed by atoms with Gasteiger partial charge in [-0.15, -0.1) is 0 Å².